The van der Waals surface area contributed by atoms with Gasteiger partial charge in [0.2, 0.25) is 0 Å². The molecule has 0 aliphatic heterocycles. The van der Waals surface area contributed by atoms with Crippen molar-refractivity contribution in [2.75, 3.05) is 7.11 Å². The molecule has 0 radical (unpaired) electrons. The van der Waals surface area contributed by atoms with Crippen LogP contribution in [0.5, 0.6) is 0 Å². The fourth-order valence-electron chi connectivity index (χ4n) is 2.53. The highest BCUT2D eigenvalue weighted by Gasteiger charge is 2.36. The SMILES string of the molecule is COC(=O)C(C)(CC(C)Sc1ccc(C)cc1)NC(C)C. The summed E-state index contributed by atoms with van der Waals surface area (Å²) in [5.74, 6) is -0.201. The fraction of sp³-hybridized carbons (Fsp3) is 0.588. The normalized spacial score (nSPS) is 15.6. The molecule has 118 valence electrons. The lowest BCUT2D eigenvalue weighted by atomic mass is 9.95. The molecule has 21 heavy (non-hydrogen) atoms. The first-order chi connectivity index (χ1) is 9.76. The Labute approximate surface area is 132 Å². The van der Waals surface area contributed by atoms with Gasteiger partial charge in [0.05, 0.1) is 7.11 Å². The van der Waals surface area contributed by atoms with Crippen molar-refractivity contribution in [3.05, 3.63) is 29.8 Å². The highest BCUT2D eigenvalue weighted by molar-refractivity contribution is 7.99. The van der Waals surface area contributed by atoms with Crippen LogP contribution in [0.4, 0.5) is 0 Å². The van der Waals surface area contributed by atoms with E-state index in [1.54, 1.807) is 11.8 Å². The molecule has 2 unspecified atom stereocenters. The van der Waals surface area contributed by atoms with Crippen molar-refractivity contribution >= 4 is 17.7 Å². The van der Waals surface area contributed by atoms with Crippen molar-refractivity contribution in [1.29, 1.82) is 0 Å². The molecule has 4 heteroatoms. The van der Waals surface area contributed by atoms with Gasteiger partial charge in [0, 0.05) is 16.2 Å². The van der Waals surface area contributed by atoms with E-state index in [4.69, 9.17) is 4.74 Å². The Morgan fingerprint density at radius 3 is 2.33 bits per heavy atom. The Balaban J connectivity index is 2.73. The summed E-state index contributed by atoms with van der Waals surface area (Å²) in [6.07, 6.45) is 0.719. The molecular formula is C17H27NO2S. The average Bonchev–Trinajstić information content (AvgIpc) is 2.39. The van der Waals surface area contributed by atoms with Crippen molar-refractivity contribution in [2.24, 2.45) is 0 Å². The molecule has 0 saturated heterocycles. The van der Waals surface area contributed by atoms with Crippen molar-refractivity contribution in [1.82, 2.24) is 5.32 Å². The molecule has 0 aliphatic carbocycles. The van der Waals surface area contributed by atoms with Crippen molar-refractivity contribution in [3.63, 3.8) is 0 Å². The fourth-order valence-corrected chi connectivity index (χ4v) is 3.70. The van der Waals surface area contributed by atoms with Gasteiger partial charge >= 0.3 is 5.97 Å². The predicted molar refractivity (Wildman–Crippen MR) is 89.8 cm³/mol. The quantitative estimate of drug-likeness (QED) is 0.614. The number of carbonyl (C=O) groups is 1. The molecule has 0 amide bonds. The summed E-state index contributed by atoms with van der Waals surface area (Å²) in [4.78, 5) is 13.3. The van der Waals surface area contributed by atoms with Crippen molar-refractivity contribution in [2.45, 2.75) is 62.8 Å². The van der Waals surface area contributed by atoms with Crippen LogP contribution in [0.1, 0.15) is 39.7 Å². The number of esters is 1. The zero-order chi connectivity index (χ0) is 16.0. The van der Waals surface area contributed by atoms with Gasteiger partial charge in [-0.05, 0) is 46.2 Å². The number of nitrogens with one attached hydrogen (secondary N) is 1. The highest BCUT2D eigenvalue weighted by Crippen LogP contribution is 2.29. The third-order valence-corrected chi connectivity index (χ3v) is 4.41. The molecule has 0 heterocycles. The van der Waals surface area contributed by atoms with Gasteiger partial charge < -0.3 is 4.74 Å². The number of hydrogen-bond donors (Lipinski definition) is 1. The minimum Gasteiger partial charge on any atom is -0.468 e. The summed E-state index contributed by atoms with van der Waals surface area (Å²) in [6, 6.07) is 8.71. The van der Waals surface area contributed by atoms with Crippen LogP contribution in [0.25, 0.3) is 0 Å². The standard InChI is InChI=1S/C17H27NO2S/c1-12(2)18-17(5,16(19)20-6)11-14(4)21-15-9-7-13(3)8-10-15/h7-10,12,14,18H,11H2,1-6H3. The van der Waals surface area contributed by atoms with E-state index in [1.165, 1.54) is 17.6 Å². The maximum atomic E-state index is 12.1. The van der Waals surface area contributed by atoms with Gasteiger partial charge in [-0.3, -0.25) is 10.1 Å². The molecule has 0 aliphatic rings. The number of rotatable bonds is 7. The van der Waals surface area contributed by atoms with E-state index in [9.17, 15) is 4.79 Å². The molecule has 1 N–H and O–H groups in total. The van der Waals surface area contributed by atoms with E-state index < -0.39 is 5.54 Å². The zero-order valence-electron chi connectivity index (χ0n) is 13.9. The van der Waals surface area contributed by atoms with Gasteiger partial charge in [0.1, 0.15) is 5.54 Å². The van der Waals surface area contributed by atoms with E-state index >= 15 is 0 Å². The van der Waals surface area contributed by atoms with Crippen LogP contribution in [0, 0.1) is 6.92 Å². The van der Waals surface area contributed by atoms with E-state index in [0.29, 0.717) is 5.25 Å². The summed E-state index contributed by atoms with van der Waals surface area (Å²) in [6.45, 7) is 10.2. The van der Waals surface area contributed by atoms with E-state index in [1.807, 2.05) is 20.8 Å². The van der Waals surface area contributed by atoms with E-state index in [0.717, 1.165) is 6.42 Å². The first kappa shape index (κ1) is 18.1. The van der Waals surface area contributed by atoms with Crippen LogP contribution in [-0.4, -0.2) is 29.9 Å². The van der Waals surface area contributed by atoms with Gasteiger partial charge in [0.25, 0.3) is 0 Å². The van der Waals surface area contributed by atoms with E-state index in [2.05, 4.69) is 43.4 Å². The first-order valence-corrected chi connectivity index (χ1v) is 8.24. The summed E-state index contributed by atoms with van der Waals surface area (Å²) < 4.78 is 4.97. The molecule has 1 aromatic carbocycles. The number of carbonyl (C=O) groups excluding carboxylic acids is 1. The number of aryl methyl sites for hydroxylation is 1. The van der Waals surface area contributed by atoms with Gasteiger partial charge in [-0.25, -0.2) is 0 Å². The second-order valence-corrected chi connectivity index (χ2v) is 7.58. The Kier molecular flexibility index (Phi) is 6.75. The largest absolute Gasteiger partial charge is 0.468 e. The van der Waals surface area contributed by atoms with Crippen LogP contribution >= 0.6 is 11.8 Å². The van der Waals surface area contributed by atoms with Crippen molar-refractivity contribution in [3.8, 4) is 0 Å². The van der Waals surface area contributed by atoms with Crippen LogP contribution < -0.4 is 5.32 Å². The molecule has 1 aromatic rings. The van der Waals surface area contributed by atoms with Crippen LogP contribution in [-0.2, 0) is 9.53 Å². The number of hydrogen-bond acceptors (Lipinski definition) is 4. The number of ether oxygens (including phenoxy) is 1. The molecule has 0 bridgehead atoms. The Hall–Kier alpha value is -1.00. The number of methoxy groups -OCH3 is 1. The summed E-state index contributed by atoms with van der Waals surface area (Å²) in [5.41, 5.74) is 0.605. The van der Waals surface area contributed by atoms with Gasteiger partial charge in [-0.15, -0.1) is 11.8 Å². The predicted octanol–water partition coefficient (Wildman–Crippen LogP) is 3.80. The topological polar surface area (TPSA) is 38.3 Å². The molecule has 1 rings (SSSR count). The number of thioether (sulfide) groups is 1. The average molecular weight is 309 g/mol. The summed E-state index contributed by atoms with van der Waals surface area (Å²) in [5, 5.41) is 3.65. The van der Waals surface area contributed by atoms with Crippen molar-refractivity contribution < 1.29 is 9.53 Å². The van der Waals surface area contributed by atoms with Gasteiger partial charge in [-0.1, -0.05) is 24.6 Å². The highest BCUT2D eigenvalue weighted by atomic mass is 32.2. The third-order valence-electron chi connectivity index (χ3n) is 3.30. The van der Waals surface area contributed by atoms with Crippen LogP contribution in [0.2, 0.25) is 0 Å². The Morgan fingerprint density at radius 2 is 1.86 bits per heavy atom. The lowest BCUT2D eigenvalue weighted by molar-refractivity contribution is -0.148. The summed E-state index contributed by atoms with van der Waals surface area (Å²) >= 11 is 1.79. The zero-order valence-corrected chi connectivity index (χ0v) is 14.7. The Morgan fingerprint density at radius 1 is 1.29 bits per heavy atom. The smallest absolute Gasteiger partial charge is 0.325 e. The molecule has 3 nitrogen and oxygen atoms in total. The first-order valence-electron chi connectivity index (χ1n) is 7.36. The molecule has 0 aromatic heterocycles. The molecular weight excluding hydrogens is 282 g/mol. The lowest BCUT2D eigenvalue weighted by Crippen LogP contribution is -2.54. The maximum Gasteiger partial charge on any atom is 0.325 e. The van der Waals surface area contributed by atoms with Crippen LogP contribution in [0.15, 0.2) is 29.2 Å². The second kappa shape index (κ2) is 7.85. The minimum absolute atomic E-state index is 0.201. The van der Waals surface area contributed by atoms with Crippen LogP contribution in [0.3, 0.4) is 0 Å². The lowest BCUT2D eigenvalue weighted by Gasteiger charge is -2.32. The number of benzene rings is 1. The minimum atomic E-state index is -0.653. The second-order valence-electron chi connectivity index (χ2n) is 6.07. The molecule has 0 spiro atoms. The Bertz CT molecular complexity index is 458. The molecule has 0 saturated carbocycles. The third kappa shape index (κ3) is 5.71. The van der Waals surface area contributed by atoms with E-state index in [-0.39, 0.29) is 12.0 Å². The summed E-state index contributed by atoms with van der Waals surface area (Å²) in [7, 11) is 1.44. The monoisotopic (exact) mass is 309 g/mol. The molecule has 0 fully saturated rings. The van der Waals surface area contributed by atoms with Gasteiger partial charge in [0.15, 0.2) is 0 Å². The maximum absolute atomic E-state index is 12.1. The molecule has 2 atom stereocenters. The van der Waals surface area contributed by atoms with Gasteiger partial charge in [-0.2, -0.15) is 0 Å².